The fourth-order valence-corrected chi connectivity index (χ4v) is 4.68. The lowest BCUT2D eigenvalue weighted by Crippen LogP contribution is -2.45. The van der Waals surface area contributed by atoms with Crippen LogP contribution >= 0.6 is 11.9 Å². The molecule has 1 heterocycles. The standard InChI is InChI=1S/C28H44N6O6S/c1-6-12-19(7-2)20(8-3)31-23(35)17-34-16-11-14-22(28(34)39)33-26(37)21(13-9-10-15-24(36)40-5)32-27(38)25(41-30)18(4)29/h10-11,14-16,19-21H,6-9,12-13,17,29-30H2,1-5H3,(H,31,35)(H,32,38)(H,33,37)/b15-10+,25-18-. The number of carbonyl (C=O) groups is 4. The van der Waals surface area contributed by atoms with Crippen LogP contribution in [0.2, 0.25) is 0 Å². The first-order valence-electron chi connectivity index (χ1n) is 13.7. The SMILES string of the molecule is CCCC(CC)C(CC)NC(=O)Cn1cccc(NC(=O)C(CC/C=C/C(=O)OC)NC(=O)/C(SN)=C(\C)N)c1=O. The summed E-state index contributed by atoms with van der Waals surface area (Å²) in [5.41, 5.74) is 5.27. The second kappa shape index (κ2) is 18.7. The van der Waals surface area contributed by atoms with Crippen LogP contribution in [0.5, 0.6) is 0 Å². The van der Waals surface area contributed by atoms with Crippen LogP contribution in [0.4, 0.5) is 5.69 Å². The molecule has 0 saturated carbocycles. The van der Waals surface area contributed by atoms with Crippen molar-refractivity contribution in [2.45, 2.75) is 84.8 Å². The molecule has 0 fully saturated rings. The van der Waals surface area contributed by atoms with E-state index in [2.05, 4.69) is 34.5 Å². The number of aromatic nitrogens is 1. The lowest BCUT2D eigenvalue weighted by Gasteiger charge is -2.26. The third-order valence-corrected chi connectivity index (χ3v) is 7.26. The number of rotatable bonds is 17. The Morgan fingerprint density at radius 2 is 1.83 bits per heavy atom. The van der Waals surface area contributed by atoms with Crippen LogP contribution in [-0.2, 0) is 30.5 Å². The van der Waals surface area contributed by atoms with E-state index in [4.69, 9.17) is 10.9 Å². The fraction of sp³-hybridized carbons (Fsp3) is 0.536. The molecule has 12 nitrogen and oxygen atoms in total. The van der Waals surface area contributed by atoms with Crippen LogP contribution < -0.4 is 32.4 Å². The van der Waals surface area contributed by atoms with Crippen molar-refractivity contribution in [3.8, 4) is 0 Å². The van der Waals surface area contributed by atoms with Crippen molar-refractivity contribution in [1.29, 1.82) is 0 Å². The first-order valence-corrected chi connectivity index (χ1v) is 14.6. The topological polar surface area (TPSA) is 188 Å². The number of pyridine rings is 1. The van der Waals surface area contributed by atoms with Crippen molar-refractivity contribution in [2.24, 2.45) is 16.8 Å². The number of hydrogen-bond donors (Lipinski definition) is 5. The van der Waals surface area contributed by atoms with Gasteiger partial charge < -0.3 is 31.0 Å². The minimum atomic E-state index is -1.10. The van der Waals surface area contributed by atoms with E-state index >= 15 is 0 Å². The Labute approximate surface area is 245 Å². The van der Waals surface area contributed by atoms with E-state index in [1.807, 2.05) is 6.92 Å². The zero-order valence-corrected chi connectivity index (χ0v) is 25.3. The van der Waals surface area contributed by atoms with E-state index in [0.29, 0.717) is 17.9 Å². The van der Waals surface area contributed by atoms with Gasteiger partial charge in [0.2, 0.25) is 11.8 Å². The van der Waals surface area contributed by atoms with Crippen LogP contribution in [0.15, 0.2) is 45.9 Å². The minimum absolute atomic E-state index is 0.00595. The van der Waals surface area contributed by atoms with Crippen molar-refractivity contribution in [1.82, 2.24) is 15.2 Å². The van der Waals surface area contributed by atoms with E-state index < -0.39 is 29.4 Å². The predicted molar refractivity (Wildman–Crippen MR) is 161 cm³/mol. The highest BCUT2D eigenvalue weighted by molar-refractivity contribution is 8.01. The summed E-state index contributed by atoms with van der Waals surface area (Å²) in [6.07, 6.45) is 8.24. The monoisotopic (exact) mass is 592 g/mol. The molecule has 0 radical (unpaired) electrons. The quantitative estimate of drug-likeness (QED) is 0.103. The van der Waals surface area contributed by atoms with Gasteiger partial charge in [-0.1, -0.05) is 39.7 Å². The van der Waals surface area contributed by atoms with Gasteiger partial charge in [-0.25, -0.2) is 4.79 Å². The lowest BCUT2D eigenvalue weighted by molar-refractivity contribution is -0.134. The van der Waals surface area contributed by atoms with Crippen molar-refractivity contribution >= 4 is 41.3 Å². The molecule has 3 atom stereocenters. The molecule has 7 N–H and O–H groups in total. The predicted octanol–water partition coefficient (Wildman–Crippen LogP) is 2.30. The Kier molecular flexibility index (Phi) is 16.2. The molecule has 0 aliphatic rings. The second-order valence-corrected chi connectivity index (χ2v) is 10.2. The van der Waals surface area contributed by atoms with Gasteiger partial charge in [0.05, 0.1) is 7.11 Å². The van der Waals surface area contributed by atoms with Gasteiger partial charge in [0, 0.05) is 24.0 Å². The minimum Gasteiger partial charge on any atom is -0.466 e. The van der Waals surface area contributed by atoms with Gasteiger partial charge in [-0.05, 0) is 62.6 Å². The number of anilines is 1. The summed E-state index contributed by atoms with van der Waals surface area (Å²) in [7, 11) is 1.24. The number of nitrogens with one attached hydrogen (secondary N) is 3. The maximum atomic E-state index is 13.2. The zero-order chi connectivity index (χ0) is 30.9. The number of amides is 3. The molecule has 41 heavy (non-hydrogen) atoms. The van der Waals surface area contributed by atoms with Crippen molar-refractivity contribution < 1.29 is 23.9 Å². The molecule has 13 heteroatoms. The highest BCUT2D eigenvalue weighted by Gasteiger charge is 2.24. The van der Waals surface area contributed by atoms with Gasteiger partial charge in [-0.2, -0.15) is 0 Å². The highest BCUT2D eigenvalue weighted by atomic mass is 32.2. The van der Waals surface area contributed by atoms with E-state index in [1.54, 1.807) is 6.07 Å². The Bertz CT molecular complexity index is 1160. The summed E-state index contributed by atoms with van der Waals surface area (Å²) in [6, 6.07) is 1.87. The maximum absolute atomic E-state index is 13.2. The Morgan fingerprint density at radius 1 is 1.12 bits per heavy atom. The average molecular weight is 593 g/mol. The molecule has 0 aliphatic carbocycles. The summed E-state index contributed by atoms with van der Waals surface area (Å²) in [4.78, 5) is 63.2. The van der Waals surface area contributed by atoms with Gasteiger partial charge in [0.15, 0.2) is 0 Å². The molecule has 0 aromatic carbocycles. The van der Waals surface area contributed by atoms with Gasteiger partial charge in [0.1, 0.15) is 23.2 Å². The van der Waals surface area contributed by atoms with Crippen molar-refractivity contribution in [3.63, 3.8) is 0 Å². The van der Waals surface area contributed by atoms with Gasteiger partial charge in [-0.15, -0.1) is 0 Å². The molecule has 0 aliphatic heterocycles. The third kappa shape index (κ3) is 11.8. The van der Waals surface area contributed by atoms with Crippen molar-refractivity contribution in [3.05, 3.63) is 51.4 Å². The number of methoxy groups -OCH3 is 1. The van der Waals surface area contributed by atoms with E-state index in [-0.39, 0.29) is 47.6 Å². The molecule has 3 amide bonds. The molecule has 3 unspecified atom stereocenters. The average Bonchev–Trinajstić information content (AvgIpc) is 2.94. The van der Waals surface area contributed by atoms with Crippen LogP contribution in [0.1, 0.15) is 66.2 Å². The molecule has 228 valence electrons. The zero-order valence-electron chi connectivity index (χ0n) is 24.5. The molecule has 0 saturated heterocycles. The largest absolute Gasteiger partial charge is 0.466 e. The number of nitrogens with zero attached hydrogens (tertiary/aromatic N) is 1. The van der Waals surface area contributed by atoms with Crippen LogP contribution in [0.25, 0.3) is 0 Å². The first-order chi connectivity index (χ1) is 19.5. The number of allylic oxidation sites excluding steroid dienone is 2. The van der Waals surface area contributed by atoms with Crippen LogP contribution in [-0.4, -0.2) is 47.5 Å². The number of carbonyl (C=O) groups excluding carboxylic acids is 4. The molecular formula is C28H44N6O6S. The van der Waals surface area contributed by atoms with Gasteiger partial charge >= 0.3 is 5.97 Å². The van der Waals surface area contributed by atoms with E-state index in [1.165, 1.54) is 43.0 Å². The normalized spacial score (nSPS) is 14.0. The molecule has 0 bridgehead atoms. The molecule has 0 spiro atoms. The third-order valence-electron chi connectivity index (χ3n) is 6.51. The highest BCUT2D eigenvalue weighted by Crippen LogP contribution is 2.18. The Balaban J connectivity index is 3.10. The first kappa shape index (κ1) is 35.4. The molecule has 1 aromatic rings. The summed E-state index contributed by atoms with van der Waals surface area (Å²) in [5.74, 6) is -1.84. The molecule has 1 rings (SSSR count). The molecular weight excluding hydrogens is 548 g/mol. The summed E-state index contributed by atoms with van der Waals surface area (Å²) in [5, 5.41) is 13.7. The number of hydrogen-bond acceptors (Lipinski definition) is 9. The Morgan fingerprint density at radius 3 is 2.39 bits per heavy atom. The van der Waals surface area contributed by atoms with E-state index in [0.717, 1.165) is 25.7 Å². The van der Waals surface area contributed by atoms with E-state index in [9.17, 15) is 24.0 Å². The van der Waals surface area contributed by atoms with Gasteiger partial charge in [0.25, 0.3) is 11.5 Å². The van der Waals surface area contributed by atoms with Crippen molar-refractivity contribution in [2.75, 3.05) is 12.4 Å². The number of ether oxygens (including phenoxy) is 1. The second-order valence-electron chi connectivity index (χ2n) is 9.54. The number of esters is 1. The lowest BCUT2D eigenvalue weighted by atomic mass is 9.90. The number of nitrogens with two attached hydrogens (primary N) is 2. The van der Waals surface area contributed by atoms with Crippen LogP contribution in [0.3, 0.4) is 0 Å². The summed E-state index contributed by atoms with van der Waals surface area (Å²) >= 11 is 0.645. The molecule has 1 aromatic heterocycles. The Hall–Kier alpha value is -3.58. The smallest absolute Gasteiger partial charge is 0.330 e. The fourth-order valence-electron chi connectivity index (χ4n) is 4.33. The summed E-state index contributed by atoms with van der Waals surface area (Å²) in [6.45, 7) is 7.52. The van der Waals surface area contributed by atoms with Crippen LogP contribution in [0, 0.1) is 5.92 Å². The maximum Gasteiger partial charge on any atom is 0.330 e. The summed E-state index contributed by atoms with van der Waals surface area (Å²) < 4.78 is 5.77. The van der Waals surface area contributed by atoms with Gasteiger partial charge in [-0.3, -0.25) is 24.3 Å².